The summed E-state index contributed by atoms with van der Waals surface area (Å²) in [6.45, 7) is 11.7. The molecule has 8 nitrogen and oxygen atoms in total. The van der Waals surface area contributed by atoms with Crippen LogP contribution in [0.25, 0.3) is 0 Å². The Morgan fingerprint density at radius 3 is 2.13 bits per heavy atom. The van der Waals surface area contributed by atoms with Crippen LogP contribution >= 0.6 is 0 Å². The van der Waals surface area contributed by atoms with Gasteiger partial charge < -0.3 is 30.5 Å². The van der Waals surface area contributed by atoms with E-state index in [0.717, 1.165) is 60.1 Å². The molecule has 0 bridgehead atoms. The Hall–Kier alpha value is -4.20. The maximum Gasteiger partial charge on any atom is 0.323 e. The Morgan fingerprint density at radius 1 is 0.846 bits per heavy atom. The standard InChI is InChI=1S/C31H39N5O3/c1-21(2)20-32-30(37)25-19-24(33-31(38)34-29-22(3)9-8-10-23(29)4)13-14-26(25)35-15-17-36(18-16-35)27-11-6-7-12-28(27)39-5/h6-14,19,21H,15-18,20H2,1-5H3,(H,32,37)(H2,33,34,38). The molecule has 3 N–H and O–H groups in total. The molecule has 0 radical (unpaired) electrons. The summed E-state index contributed by atoms with van der Waals surface area (Å²) in [6, 6.07) is 19.1. The fraction of sp³-hybridized carbons (Fsp3) is 0.355. The summed E-state index contributed by atoms with van der Waals surface area (Å²) < 4.78 is 5.55. The lowest BCUT2D eigenvalue weighted by molar-refractivity contribution is 0.0949. The number of nitrogens with one attached hydrogen (secondary N) is 3. The minimum Gasteiger partial charge on any atom is -0.495 e. The van der Waals surface area contributed by atoms with E-state index in [9.17, 15) is 9.59 Å². The average molecular weight is 530 g/mol. The van der Waals surface area contributed by atoms with Crippen molar-refractivity contribution >= 4 is 34.7 Å². The third-order valence-electron chi connectivity index (χ3n) is 6.94. The highest BCUT2D eigenvalue weighted by Gasteiger charge is 2.24. The topological polar surface area (TPSA) is 85.9 Å². The van der Waals surface area contributed by atoms with Gasteiger partial charge in [0.05, 0.1) is 18.4 Å². The summed E-state index contributed by atoms with van der Waals surface area (Å²) in [6.07, 6.45) is 0. The van der Waals surface area contributed by atoms with E-state index in [1.807, 2.05) is 62.4 Å². The van der Waals surface area contributed by atoms with E-state index in [1.54, 1.807) is 13.2 Å². The molecule has 0 saturated carbocycles. The number of carbonyl (C=O) groups is 2. The number of urea groups is 1. The van der Waals surface area contributed by atoms with Crippen LogP contribution in [-0.2, 0) is 0 Å². The Balaban J connectivity index is 1.52. The molecule has 0 atom stereocenters. The zero-order valence-corrected chi connectivity index (χ0v) is 23.5. The van der Waals surface area contributed by atoms with Crippen molar-refractivity contribution < 1.29 is 14.3 Å². The molecular weight excluding hydrogens is 490 g/mol. The van der Waals surface area contributed by atoms with Gasteiger partial charge in [0.1, 0.15) is 5.75 Å². The molecule has 1 fully saturated rings. The van der Waals surface area contributed by atoms with Crippen LogP contribution in [0.4, 0.5) is 27.5 Å². The molecule has 206 valence electrons. The number of ether oxygens (including phenoxy) is 1. The van der Waals surface area contributed by atoms with Crippen molar-refractivity contribution in [2.45, 2.75) is 27.7 Å². The van der Waals surface area contributed by atoms with Gasteiger partial charge in [-0.25, -0.2) is 4.79 Å². The summed E-state index contributed by atoms with van der Waals surface area (Å²) in [5, 5.41) is 8.89. The summed E-state index contributed by atoms with van der Waals surface area (Å²) in [7, 11) is 1.69. The molecule has 1 aliphatic heterocycles. The van der Waals surface area contributed by atoms with Crippen molar-refractivity contribution in [2.75, 3.05) is 60.3 Å². The first kappa shape index (κ1) is 27.8. The van der Waals surface area contributed by atoms with Crippen LogP contribution in [0.15, 0.2) is 60.7 Å². The molecule has 0 unspecified atom stereocenters. The zero-order valence-electron chi connectivity index (χ0n) is 23.5. The Morgan fingerprint density at radius 2 is 1.49 bits per heavy atom. The quantitative estimate of drug-likeness (QED) is 0.350. The first-order valence-corrected chi connectivity index (χ1v) is 13.5. The maximum atomic E-state index is 13.3. The molecule has 1 saturated heterocycles. The number of aryl methyl sites for hydroxylation is 2. The molecule has 0 spiro atoms. The van der Waals surface area contributed by atoms with Gasteiger partial charge in [-0.15, -0.1) is 0 Å². The molecular formula is C31H39N5O3. The number of hydrogen-bond acceptors (Lipinski definition) is 5. The molecule has 0 aromatic heterocycles. The van der Waals surface area contributed by atoms with E-state index in [2.05, 4.69) is 45.7 Å². The number of hydrogen-bond donors (Lipinski definition) is 3. The SMILES string of the molecule is COc1ccccc1N1CCN(c2ccc(NC(=O)Nc3c(C)cccc3C)cc2C(=O)NCC(C)C)CC1. The van der Waals surface area contributed by atoms with Gasteiger partial charge in [-0.1, -0.05) is 44.2 Å². The molecule has 3 amide bonds. The monoisotopic (exact) mass is 529 g/mol. The lowest BCUT2D eigenvalue weighted by Gasteiger charge is -2.38. The van der Waals surface area contributed by atoms with Gasteiger partial charge in [0.25, 0.3) is 5.91 Å². The number of carbonyl (C=O) groups excluding carboxylic acids is 2. The number of methoxy groups -OCH3 is 1. The normalized spacial score (nSPS) is 13.3. The van der Waals surface area contributed by atoms with Gasteiger partial charge >= 0.3 is 6.03 Å². The molecule has 1 heterocycles. The van der Waals surface area contributed by atoms with Crippen molar-refractivity contribution in [2.24, 2.45) is 5.92 Å². The third kappa shape index (κ3) is 6.82. The van der Waals surface area contributed by atoms with E-state index in [0.29, 0.717) is 23.7 Å². The molecule has 8 heteroatoms. The van der Waals surface area contributed by atoms with Gasteiger partial charge in [-0.2, -0.15) is 0 Å². The molecule has 3 aromatic carbocycles. The fourth-order valence-electron chi connectivity index (χ4n) is 4.83. The highest BCUT2D eigenvalue weighted by atomic mass is 16.5. The predicted molar refractivity (Wildman–Crippen MR) is 160 cm³/mol. The van der Waals surface area contributed by atoms with E-state index in [-0.39, 0.29) is 11.9 Å². The van der Waals surface area contributed by atoms with E-state index < -0.39 is 0 Å². The molecule has 0 aliphatic carbocycles. The van der Waals surface area contributed by atoms with Gasteiger partial charge in [0.2, 0.25) is 0 Å². The summed E-state index contributed by atoms with van der Waals surface area (Å²) in [4.78, 5) is 30.7. The van der Waals surface area contributed by atoms with Crippen LogP contribution in [0.2, 0.25) is 0 Å². The van der Waals surface area contributed by atoms with Crippen molar-refractivity contribution in [1.29, 1.82) is 0 Å². The van der Waals surface area contributed by atoms with Crippen LogP contribution in [0.5, 0.6) is 5.75 Å². The van der Waals surface area contributed by atoms with Crippen LogP contribution in [0.3, 0.4) is 0 Å². The highest BCUT2D eigenvalue weighted by Crippen LogP contribution is 2.31. The van der Waals surface area contributed by atoms with Crippen LogP contribution in [0.1, 0.15) is 35.3 Å². The van der Waals surface area contributed by atoms with Crippen LogP contribution < -0.4 is 30.5 Å². The van der Waals surface area contributed by atoms with Crippen molar-refractivity contribution in [3.05, 3.63) is 77.4 Å². The van der Waals surface area contributed by atoms with Gasteiger partial charge in [0.15, 0.2) is 0 Å². The first-order valence-electron chi connectivity index (χ1n) is 13.5. The number of nitrogens with zero attached hydrogens (tertiary/aromatic N) is 2. The van der Waals surface area contributed by atoms with E-state index >= 15 is 0 Å². The molecule has 39 heavy (non-hydrogen) atoms. The number of amides is 3. The number of anilines is 4. The van der Waals surface area contributed by atoms with E-state index in [4.69, 9.17) is 4.74 Å². The Kier molecular flexibility index (Phi) is 8.96. The van der Waals surface area contributed by atoms with Gasteiger partial charge in [-0.05, 0) is 61.2 Å². The molecule has 4 rings (SSSR count). The minimum atomic E-state index is -0.348. The summed E-state index contributed by atoms with van der Waals surface area (Å²) in [5.74, 6) is 1.03. The summed E-state index contributed by atoms with van der Waals surface area (Å²) >= 11 is 0. The average Bonchev–Trinajstić information content (AvgIpc) is 2.94. The number of piperazine rings is 1. The number of rotatable bonds is 8. The Labute approximate surface area is 231 Å². The molecule has 1 aliphatic rings. The third-order valence-corrected chi connectivity index (χ3v) is 6.94. The van der Waals surface area contributed by atoms with Crippen molar-refractivity contribution in [1.82, 2.24) is 5.32 Å². The second-order valence-corrected chi connectivity index (χ2v) is 10.3. The Bertz CT molecular complexity index is 1300. The predicted octanol–water partition coefficient (Wildman–Crippen LogP) is 5.67. The molecule has 3 aromatic rings. The maximum absolute atomic E-state index is 13.3. The number of para-hydroxylation sites is 3. The fourth-order valence-corrected chi connectivity index (χ4v) is 4.83. The van der Waals surface area contributed by atoms with Crippen LogP contribution in [0, 0.1) is 19.8 Å². The number of benzene rings is 3. The van der Waals surface area contributed by atoms with Gasteiger partial charge in [0, 0.05) is 49.8 Å². The van der Waals surface area contributed by atoms with Crippen molar-refractivity contribution in [3.8, 4) is 5.75 Å². The van der Waals surface area contributed by atoms with Gasteiger partial charge in [-0.3, -0.25) is 4.79 Å². The lowest BCUT2D eigenvalue weighted by atomic mass is 10.1. The largest absolute Gasteiger partial charge is 0.495 e. The second kappa shape index (κ2) is 12.6. The minimum absolute atomic E-state index is 0.148. The lowest BCUT2D eigenvalue weighted by Crippen LogP contribution is -2.47. The smallest absolute Gasteiger partial charge is 0.323 e. The van der Waals surface area contributed by atoms with Crippen LogP contribution in [-0.4, -0.2) is 51.8 Å². The van der Waals surface area contributed by atoms with Crippen molar-refractivity contribution in [3.63, 3.8) is 0 Å². The first-order chi connectivity index (χ1) is 18.8. The summed E-state index contributed by atoms with van der Waals surface area (Å²) in [5.41, 5.74) is 5.80. The van der Waals surface area contributed by atoms with E-state index in [1.165, 1.54) is 0 Å². The second-order valence-electron chi connectivity index (χ2n) is 10.3. The zero-order chi connectivity index (χ0) is 27.9. The highest BCUT2D eigenvalue weighted by molar-refractivity contribution is 6.04.